The predicted molar refractivity (Wildman–Crippen MR) is 62.3 cm³/mol. The summed E-state index contributed by atoms with van der Waals surface area (Å²) >= 11 is 5.75. The Balaban J connectivity index is 2.05. The Morgan fingerprint density at radius 3 is 2.88 bits per heavy atom. The number of anilines is 1. The average molecular weight is 238 g/mol. The van der Waals surface area contributed by atoms with Crippen molar-refractivity contribution in [3.05, 3.63) is 35.0 Å². The molecule has 16 heavy (non-hydrogen) atoms. The first-order valence-corrected chi connectivity index (χ1v) is 5.23. The molecule has 0 fully saturated rings. The van der Waals surface area contributed by atoms with Crippen LogP contribution in [0.5, 0.6) is 0 Å². The molecule has 5 nitrogen and oxygen atoms in total. The molecule has 0 spiro atoms. The van der Waals surface area contributed by atoms with Gasteiger partial charge in [0.15, 0.2) is 0 Å². The molecule has 0 aliphatic carbocycles. The molecule has 0 saturated carbocycles. The van der Waals surface area contributed by atoms with E-state index in [0.717, 1.165) is 11.3 Å². The lowest BCUT2D eigenvalue weighted by Crippen LogP contribution is -2.03. The van der Waals surface area contributed by atoms with Crippen LogP contribution in [0.3, 0.4) is 0 Å². The third-order valence-corrected chi connectivity index (χ3v) is 2.64. The number of rotatable bonds is 3. The Hall–Kier alpha value is -1.62. The van der Waals surface area contributed by atoms with E-state index < -0.39 is 0 Å². The molecule has 0 atom stereocenters. The van der Waals surface area contributed by atoms with E-state index in [1.54, 1.807) is 6.07 Å². The van der Waals surface area contributed by atoms with Gasteiger partial charge in [0.05, 0.1) is 6.20 Å². The lowest BCUT2D eigenvalue weighted by Gasteiger charge is -2.04. The number of hydrogen-bond donors (Lipinski definition) is 1. The van der Waals surface area contributed by atoms with Gasteiger partial charge in [-0.15, -0.1) is 0 Å². The molecular weight excluding hydrogens is 226 g/mol. The highest BCUT2D eigenvalue weighted by Crippen LogP contribution is 2.11. The number of nitrogens with one attached hydrogen (secondary N) is 1. The van der Waals surface area contributed by atoms with Gasteiger partial charge in [-0.3, -0.25) is 4.68 Å². The van der Waals surface area contributed by atoms with Crippen molar-refractivity contribution in [1.82, 2.24) is 19.7 Å². The molecule has 0 amide bonds. The quantitative estimate of drug-likeness (QED) is 0.827. The van der Waals surface area contributed by atoms with Gasteiger partial charge in [0.1, 0.15) is 17.3 Å². The fraction of sp³-hybridized carbons (Fsp3) is 0.300. The molecule has 84 valence electrons. The van der Waals surface area contributed by atoms with Crippen LogP contribution in [-0.2, 0) is 13.6 Å². The monoisotopic (exact) mass is 237 g/mol. The van der Waals surface area contributed by atoms with E-state index in [4.69, 9.17) is 11.6 Å². The zero-order valence-electron chi connectivity index (χ0n) is 9.11. The van der Waals surface area contributed by atoms with Crippen molar-refractivity contribution in [1.29, 1.82) is 0 Å². The van der Waals surface area contributed by atoms with Crippen molar-refractivity contribution < 1.29 is 0 Å². The van der Waals surface area contributed by atoms with Gasteiger partial charge in [-0.25, -0.2) is 9.97 Å². The Bertz CT molecular complexity index is 494. The van der Waals surface area contributed by atoms with Crippen LogP contribution < -0.4 is 5.32 Å². The fourth-order valence-electron chi connectivity index (χ4n) is 1.33. The molecule has 2 rings (SSSR count). The van der Waals surface area contributed by atoms with Crippen LogP contribution in [0.1, 0.15) is 11.3 Å². The van der Waals surface area contributed by atoms with Crippen molar-refractivity contribution in [3.8, 4) is 0 Å². The maximum absolute atomic E-state index is 5.75. The molecule has 0 aliphatic rings. The zero-order valence-corrected chi connectivity index (χ0v) is 9.86. The first-order valence-electron chi connectivity index (χ1n) is 4.85. The molecule has 0 aliphatic heterocycles. The van der Waals surface area contributed by atoms with E-state index in [9.17, 15) is 0 Å². The third kappa shape index (κ3) is 2.30. The van der Waals surface area contributed by atoms with E-state index in [0.29, 0.717) is 17.5 Å². The Kier molecular flexibility index (Phi) is 3.05. The van der Waals surface area contributed by atoms with Gasteiger partial charge in [0.2, 0.25) is 0 Å². The second-order valence-electron chi connectivity index (χ2n) is 3.46. The first kappa shape index (κ1) is 10.9. The summed E-state index contributed by atoms with van der Waals surface area (Å²) in [4.78, 5) is 7.87. The Morgan fingerprint density at radius 2 is 2.25 bits per heavy atom. The van der Waals surface area contributed by atoms with Crippen molar-refractivity contribution in [2.24, 2.45) is 7.05 Å². The molecule has 0 radical (unpaired) electrons. The summed E-state index contributed by atoms with van der Waals surface area (Å²) in [5.41, 5.74) is 2.27. The molecule has 0 unspecified atom stereocenters. The van der Waals surface area contributed by atoms with Gasteiger partial charge in [-0.2, -0.15) is 5.10 Å². The summed E-state index contributed by atoms with van der Waals surface area (Å²) in [5, 5.41) is 7.76. The van der Waals surface area contributed by atoms with Crippen LogP contribution in [0.4, 0.5) is 5.82 Å². The number of aromatic nitrogens is 4. The largest absolute Gasteiger partial charge is 0.366 e. The molecule has 0 bridgehead atoms. The van der Waals surface area contributed by atoms with Crippen LogP contribution in [0.25, 0.3) is 0 Å². The molecule has 2 heterocycles. The highest BCUT2D eigenvalue weighted by molar-refractivity contribution is 6.29. The minimum atomic E-state index is 0.431. The molecule has 0 aromatic carbocycles. The zero-order chi connectivity index (χ0) is 11.5. The van der Waals surface area contributed by atoms with Crippen LogP contribution in [-0.4, -0.2) is 19.7 Å². The van der Waals surface area contributed by atoms with Crippen LogP contribution >= 0.6 is 11.6 Å². The van der Waals surface area contributed by atoms with Crippen molar-refractivity contribution in [3.63, 3.8) is 0 Å². The van der Waals surface area contributed by atoms with E-state index in [-0.39, 0.29) is 0 Å². The van der Waals surface area contributed by atoms with Crippen LogP contribution in [0.2, 0.25) is 5.15 Å². The third-order valence-electron chi connectivity index (χ3n) is 2.43. The van der Waals surface area contributed by atoms with E-state index >= 15 is 0 Å². The number of aryl methyl sites for hydroxylation is 1. The van der Waals surface area contributed by atoms with Crippen molar-refractivity contribution in [2.45, 2.75) is 13.5 Å². The van der Waals surface area contributed by atoms with Gasteiger partial charge in [-0.05, 0) is 6.92 Å². The van der Waals surface area contributed by atoms with E-state index in [2.05, 4.69) is 20.4 Å². The van der Waals surface area contributed by atoms with E-state index in [1.165, 1.54) is 6.33 Å². The summed E-state index contributed by atoms with van der Waals surface area (Å²) in [5.74, 6) is 0.711. The molecule has 0 saturated heterocycles. The minimum absolute atomic E-state index is 0.431. The van der Waals surface area contributed by atoms with Crippen LogP contribution in [0.15, 0.2) is 18.6 Å². The second kappa shape index (κ2) is 4.49. The van der Waals surface area contributed by atoms with Crippen LogP contribution in [0, 0.1) is 6.92 Å². The van der Waals surface area contributed by atoms with Gasteiger partial charge >= 0.3 is 0 Å². The summed E-state index contributed by atoms with van der Waals surface area (Å²) in [6.07, 6.45) is 3.27. The Morgan fingerprint density at radius 1 is 1.44 bits per heavy atom. The SMILES string of the molecule is Cc1c(CNc2cc(Cl)ncn2)cnn1C. The standard InChI is InChI=1S/C10H12ClN5/c1-7-8(5-15-16(7)2)4-12-10-3-9(11)13-6-14-10/h3,5-6H,4H2,1-2H3,(H,12,13,14). The molecule has 2 aromatic rings. The molecular formula is C10H12ClN5. The van der Waals surface area contributed by atoms with Crippen molar-refractivity contribution >= 4 is 17.4 Å². The summed E-state index contributed by atoms with van der Waals surface area (Å²) < 4.78 is 1.84. The highest BCUT2D eigenvalue weighted by Gasteiger charge is 2.03. The summed E-state index contributed by atoms with van der Waals surface area (Å²) in [6.45, 7) is 2.70. The summed E-state index contributed by atoms with van der Waals surface area (Å²) in [7, 11) is 1.92. The molecule has 2 aromatic heterocycles. The number of nitrogens with zero attached hydrogens (tertiary/aromatic N) is 4. The average Bonchev–Trinajstić information content (AvgIpc) is 2.57. The molecule has 6 heteroatoms. The van der Waals surface area contributed by atoms with Gasteiger partial charge in [0, 0.05) is 30.9 Å². The van der Waals surface area contributed by atoms with Crippen molar-refractivity contribution in [2.75, 3.05) is 5.32 Å². The second-order valence-corrected chi connectivity index (χ2v) is 3.85. The smallest absolute Gasteiger partial charge is 0.134 e. The van der Waals surface area contributed by atoms with Gasteiger partial charge < -0.3 is 5.32 Å². The van der Waals surface area contributed by atoms with Gasteiger partial charge in [0.25, 0.3) is 0 Å². The lowest BCUT2D eigenvalue weighted by molar-refractivity contribution is 0.738. The minimum Gasteiger partial charge on any atom is -0.366 e. The van der Waals surface area contributed by atoms with E-state index in [1.807, 2.05) is 24.9 Å². The fourth-order valence-corrected chi connectivity index (χ4v) is 1.48. The maximum Gasteiger partial charge on any atom is 0.134 e. The normalized spacial score (nSPS) is 10.4. The Labute approximate surface area is 98.5 Å². The predicted octanol–water partition coefficient (Wildman–Crippen LogP) is 1.78. The highest BCUT2D eigenvalue weighted by atomic mass is 35.5. The number of halogens is 1. The topological polar surface area (TPSA) is 55.6 Å². The maximum atomic E-state index is 5.75. The first-order chi connectivity index (χ1) is 7.66. The summed E-state index contributed by atoms with van der Waals surface area (Å²) in [6, 6.07) is 1.69. The lowest BCUT2D eigenvalue weighted by atomic mass is 10.2. The van der Waals surface area contributed by atoms with Gasteiger partial charge in [-0.1, -0.05) is 11.6 Å². The number of hydrogen-bond acceptors (Lipinski definition) is 4. The molecule has 1 N–H and O–H groups in total.